The summed E-state index contributed by atoms with van der Waals surface area (Å²) in [5.74, 6) is 0. The van der Waals surface area contributed by atoms with E-state index in [-0.39, 0.29) is 0 Å². The van der Waals surface area contributed by atoms with Gasteiger partial charge in [-0.25, -0.2) is 4.98 Å². The molecule has 0 saturated heterocycles. The van der Waals surface area contributed by atoms with E-state index in [1.54, 1.807) is 12.3 Å². The number of halogens is 2. The SMILES string of the molecule is Nc1ncc(Sc2cccc(Cl)c2Cl)s1. The first-order valence-corrected chi connectivity index (χ1v) is 6.39. The lowest BCUT2D eigenvalue weighted by atomic mass is 10.4. The van der Waals surface area contributed by atoms with E-state index in [1.807, 2.05) is 12.1 Å². The number of nitrogens with zero attached hydrogens (tertiary/aromatic N) is 1. The highest BCUT2D eigenvalue weighted by Crippen LogP contribution is 2.39. The summed E-state index contributed by atoms with van der Waals surface area (Å²) in [6.45, 7) is 0. The molecule has 0 aliphatic heterocycles. The smallest absolute Gasteiger partial charge is 0.181 e. The van der Waals surface area contributed by atoms with Gasteiger partial charge in [-0.1, -0.05) is 52.4 Å². The number of rotatable bonds is 2. The molecule has 0 unspecified atom stereocenters. The van der Waals surface area contributed by atoms with Crippen LogP contribution in [-0.2, 0) is 0 Å². The Morgan fingerprint density at radius 2 is 2.13 bits per heavy atom. The molecule has 1 aromatic heterocycles. The lowest BCUT2D eigenvalue weighted by Crippen LogP contribution is -1.77. The fourth-order valence-electron chi connectivity index (χ4n) is 0.990. The van der Waals surface area contributed by atoms with E-state index in [9.17, 15) is 0 Å². The van der Waals surface area contributed by atoms with Crippen molar-refractivity contribution in [1.29, 1.82) is 0 Å². The molecule has 0 aliphatic carbocycles. The normalized spacial score (nSPS) is 10.5. The quantitative estimate of drug-likeness (QED) is 0.894. The van der Waals surface area contributed by atoms with Crippen molar-refractivity contribution in [2.75, 3.05) is 5.73 Å². The van der Waals surface area contributed by atoms with Crippen molar-refractivity contribution in [3.05, 3.63) is 34.4 Å². The van der Waals surface area contributed by atoms with E-state index < -0.39 is 0 Å². The van der Waals surface area contributed by atoms with Crippen LogP contribution in [0.3, 0.4) is 0 Å². The molecule has 0 fully saturated rings. The number of benzene rings is 1. The molecule has 0 radical (unpaired) electrons. The van der Waals surface area contributed by atoms with Crippen LogP contribution in [0, 0.1) is 0 Å². The molecule has 0 spiro atoms. The van der Waals surface area contributed by atoms with Crippen LogP contribution in [0.25, 0.3) is 0 Å². The van der Waals surface area contributed by atoms with Crippen molar-refractivity contribution < 1.29 is 0 Å². The molecule has 6 heteroatoms. The lowest BCUT2D eigenvalue weighted by Gasteiger charge is -2.02. The number of hydrogen-bond donors (Lipinski definition) is 1. The summed E-state index contributed by atoms with van der Waals surface area (Å²) < 4.78 is 0.997. The Bertz CT molecular complexity index is 485. The summed E-state index contributed by atoms with van der Waals surface area (Å²) in [5.41, 5.74) is 5.54. The highest BCUT2D eigenvalue weighted by atomic mass is 35.5. The minimum absolute atomic E-state index is 0.552. The van der Waals surface area contributed by atoms with Gasteiger partial charge in [-0.3, -0.25) is 0 Å². The van der Waals surface area contributed by atoms with Gasteiger partial charge in [-0.2, -0.15) is 0 Å². The first-order valence-electron chi connectivity index (χ1n) is 4.00. The summed E-state index contributed by atoms with van der Waals surface area (Å²) in [6.07, 6.45) is 1.72. The van der Waals surface area contributed by atoms with Crippen molar-refractivity contribution in [2.45, 2.75) is 9.10 Å². The lowest BCUT2D eigenvalue weighted by molar-refractivity contribution is 1.37. The third-order valence-corrected chi connectivity index (χ3v) is 4.55. The molecule has 0 atom stereocenters. The molecule has 2 nitrogen and oxygen atoms in total. The molecule has 0 aliphatic rings. The first-order chi connectivity index (χ1) is 7.16. The van der Waals surface area contributed by atoms with Gasteiger partial charge in [0.1, 0.15) is 0 Å². The van der Waals surface area contributed by atoms with E-state index in [1.165, 1.54) is 23.1 Å². The minimum Gasteiger partial charge on any atom is -0.375 e. The fourth-order valence-corrected chi connectivity index (χ4v) is 3.24. The third-order valence-electron chi connectivity index (χ3n) is 1.63. The Morgan fingerprint density at radius 3 is 2.80 bits per heavy atom. The molecular formula is C9H6Cl2N2S2. The van der Waals surface area contributed by atoms with Crippen LogP contribution in [0.1, 0.15) is 0 Å². The molecule has 2 N–H and O–H groups in total. The maximum absolute atomic E-state index is 6.05. The average molecular weight is 277 g/mol. The standard InChI is InChI=1S/C9H6Cl2N2S2/c10-5-2-1-3-6(8(5)11)14-7-4-13-9(12)15-7/h1-4H,(H2,12,13). The predicted molar refractivity (Wildman–Crippen MR) is 67.1 cm³/mol. The molecule has 1 aromatic carbocycles. The van der Waals surface area contributed by atoms with Crippen LogP contribution >= 0.6 is 46.3 Å². The second-order valence-corrected chi connectivity index (χ2v) is 5.86. The molecule has 15 heavy (non-hydrogen) atoms. The van der Waals surface area contributed by atoms with Gasteiger partial charge < -0.3 is 5.73 Å². The Morgan fingerprint density at radius 1 is 1.33 bits per heavy atom. The van der Waals surface area contributed by atoms with Gasteiger partial charge >= 0.3 is 0 Å². The Hall–Kier alpha value is -0.420. The van der Waals surface area contributed by atoms with Crippen LogP contribution in [0.2, 0.25) is 10.0 Å². The highest BCUT2D eigenvalue weighted by Gasteiger charge is 2.07. The van der Waals surface area contributed by atoms with Crippen LogP contribution < -0.4 is 5.73 Å². The summed E-state index contributed by atoms with van der Waals surface area (Å²) in [4.78, 5) is 4.87. The van der Waals surface area contributed by atoms with Crippen molar-refractivity contribution in [3.63, 3.8) is 0 Å². The number of hydrogen-bond acceptors (Lipinski definition) is 4. The Labute approximate surface area is 105 Å². The number of aromatic nitrogens is 1. The average Bonchev–Trinajstić information content (AvgIpc) is 2.59. The molecule has 2 rings (SSSR count). The molecule has 0 amide bonds. The maximum atomic E-state index is 6.05. The van der Waals surface area contributed by atoms with E-state index in [4.69, 9.17) is 28.9 Å². The topological polar surface area (TPSA) is 38.9 Å². The van der Waals surface area contributed by atoms with E-state index >= 15 is 0 Å². The van der Waals surface area contributed by atoms with Crippen molar-refractivity contribution in [2.24, 2.45) is 0 Å². The van der Waals surface area contributed by atoms with E-state index in [0.29, 0.717) is 15.2 Å². The van der Waals surface area contributed by atoms with Gasteiger partial charge in [-0.05, 0) is 12.1 Å². The molecule has 0 bridgehead atoms. The van der Waals surface area contributed by atoms with Crippen molar-refractivity contribution in [1.82, 2.24) is 4.98 Å². The summed E-state index contributed by atoms with van der Waals surface area (Å²) in [6, 6.07) is 5.53. The Kier molecular flexibility index (Phi) is 3.41. The zero-order chi connectivity index (χ0) is 10.8. The molecule has 0 saturated carbocycles. The summed E-state index contributed by atoms with van der Waals surface area (Å²) in [5, 5.41) is 1.67. The molecule has 1 heterocycles. The first kappa shape index (κ1) is 11.1. The predicted octanol–water partition coefficient (Wildman–Crippen LogP) is 4.18. The Balaban J connectivity index is 2.28. The zero-order valence-corrected chi connectivity index (χ0v) is 10.6. The second-order valence-electron chi connectivity index (χ2n) is 2.67. The molecule has 78 valence electrons. The van der Waals surface area contributed by atoms with Gasteiger partial charge in [-0.15, -0.1) is 0 Å². The number of anilines is 1. The van der Waals surface area contributed by atoms with Crippen LogP contribution in [0.5, 0.6) is 0 Å². The maximum Gasteiger partial charge on any atom is 0.181 e. The molecular weight excluding hydrogens is 271 g/mol. The summed E-state index contributed by atoms with van der Waals surface area (Å²) in [7, 11) is 0. The van der Waals surface area contributed by atoms with Gasteiger partial charge in [0, 0.05) is 4.90 Å². The monoisotopic (exact) mass is 276 g/mol. The van der Waals surface area contributed by atoms with Crippen molar-refractivity contribution >= 4 is 51.4 Å². The van der Waals surface area contributed by atoms with Crippen LogP contribution in [-0.4, -0.2) is 4.98 Å². The highest BCUT2D eigenvalue weighted by molar-refractivity contribution is 8.01. The largest absolute Gasteiger partial charge is 0.375 e. The third kappa shape index (κ3) is 2.58. The van der Waals surface area contributed by atoms with E-state index in [0.717, 1.165) is 9.10 Å². The van der Waals surface area contributed by atoms with Crippen LogP contribution in [0.15, 0.2) is 33.5 Å². The van der Waals surface area contributed by atoms with E-state index in [2.05, 4.69) is 4.98 Å². The number of thiazole rings is 1. The van der Waals surface area contributed by atoms with Gasteiger partial charge in [0.2, 0.25) is 0 Å². The fraction of sp³-hybridized carbons (Fsp3) is 0. The van der Waals surface area contributed by atoms with Crippen LogP contribution in [0.4, 0.5) is 5.13 Å². The molecule has 2 aromatic rings. The summed E-state index contributed by atoms with van der Waals surface area (Å²) >= 11 is 14.9. The second kappa shape index (κ2) is 4.61. The minimum atomic E-state index is 0.552. The number of nitrogens with two attached hydrogens (primary N) is 1. The zero-order valence-electron chi connectivity index (χ0n) is 7.41. The van der Waals surface area contributed by atoms with Gasteiger partial charge in [0.05, 0.1) is 20.5 Å². The van der Waals surface area contributed by atoms with Crippen molar-refractivity contribution in [3.8, 4) is 0 Å². The van der Waals surface area contributed by atoms with Gasteiger partial charge in [0.25, 0.3) is 0 Å². The van der Waals surface area contributed by atoms with Gasteiger partial charge in [0.15, 0.2) is 5.13 Å². The number of nitrogen functional groups attached to an aromatic ring is 1.